The Morgan fingerprint density at radius 2 is 1.53 bits per heavy atom. The van der Waals surface area contributed by atoms with E-state index in [1.165, 1.54) is 41.8 Å². The third-order valence-electron chi connectivity index (χ3n) is 6.48. The molecular weight excluding hydrogens is 426 g/mol. The van der Waals surface area contributed by atoms with E-state index in [4.69, 9.17) is 4.98 Å². The molecule has 2 atom stereocenters. The first kappa shape index (κ1) is 18.4. The summed E-state index contributed by atoms with van der Waals surface area (Å²) < 4.78 is 2.64. The number of pyridine rings is 1. The fourth-order valence-electron chi connectivity index (χ4n) is 5.00. The zero-order chi connectivity index (χ0) is 21.1. The molecule has 3 aromatic carbocycles. The molecule has 0 spiro atoms. The van der Waals surface area contributed by atoms with Crippen molar-refractivity contribution in [2.45, 2.75) is 16.1 Å². The van der Waals surface area contributed by atoms with Crippen molar-refractivity contribution in [1.82, 2.24) is 4.98 Å². The minimum Gasteiger partial charge on any atom is -0.248 e. The Kier molecular flexibility index (Phi) is 4.14. The Balaban J connectivity index is 1.34. The summed E-state index contributed by atoms with van der Waals surface area (Å²) in [5.74, 6) is 0.424. The molecule has 1 aliphatic heterocycles. The van der Waals surface area contributed by atoms with Gasteiger partial charge in [-0.15, -0.1) is 23.1 Å². The van der Waals surface area contributed by atoms with E-state index < -0.39 is 0 Å². The molecule has 0 radical (unpaired) electrons. The van der Waals surface area contributed by atoms with Crippen LogP contribution in [0.1, 0.15) is 17.2 Å². The van der Waals surface area contributed by atoms with E-state index in [2.05, 4.69) is 103 Å². The van der Waals surface area contributed by atoms with Gasteiger partial charge in [0, 0.05) is 41.8 Å². The zero-order valence-corrected chi connectivity index (χ0v) is 18.9. The van der Waals surface area contributed by atoms with Gasteiger partial charge in [-0.25, -0.2) is 4.98 Å². The lowest BCUT2D eigenvalue weighted by atomic mass is 9.86. The van der Waals surface area contributed by atoms with Crippen LogP contribution in [0.15, 0.2) is 108 Å². The van der Waals surface area contributed by atoms with Gasteiger partial charge >= 0.3 is 0 Å². The smallest absolute Gasteiger partial charge is 0.0723 e. The molecule has 32 heavy (non-hydrogen) atoms. The summed E-state index contributed by atoms with van der Waals surface area (Å²) in [7, 11) is 0. The van der Waals surface area contributed by atoms with Crippen LogP contribution >= 0.6 is 23.1 Å². The maximum Gasteiger partial charge on any atom is 0.0723 e. The number of rotatable bonds is 2. The van der Waals surface area contributed by atoms with Crippen molar-refractivity contribution in [2.24, 2.45) is 0 Å². The summed E-state index contributed by atoms with van der Waals surface area (Å²) in [6.07, 6.45) is 6.81. The molecular formula is C29H19NS2. The molecule has 3 heterocycles. The van der Waals surface area contributed by atoms with Crippen LogP contribution in [-0.2, 0) is 0 Å². The number of thiophene rings is 1. The highest BCUT2D eigenvalue weighted by Crippen LogP contribution is 2.52. The van der Waals surface area contributed by atoms with Gasteiger partial charge in [-0.1, -0.05) is 78.9 Å². The molecule has 0 bridgehead atoms. The molecule has 0 N–H and O–H groups in total. The van der Waals surface area contributed by atoms with Crippen molar-refractivity contribution in [2.75, 3.05) is 0 Å². The molecule has 0 saturated heterocycles. The van der Waals surface area contributed by atoms with Crippen LogP contribution in [0.2, 0.25) is 0 Å². The van der Waals surface area contributed by atoms with Gasteiger partial charge in [0.05, 0.1) is 11.4 Å². The van der Waals surface area contributed by atoms with Crippen LogP contribution < -0.4 is 0 Å². The number of allylic oxidation sites excluding steroid dienone is 3. The monoisotopic (exact) mass is 445 g/mol. The van der Waals surface area contributed by atoms with E-state index in [9.17, 15) is 0 Å². The summed E-state index contributed by atoms with van der Waals surface area (Å²) in [6, 6.07) is 30.5. The lowest BCUT2D eigenvalue weighted by molar-refractivity contribution is 0.889. The number of nitrogens with zero attached hydrogens (tertiary/aromatic N) is 1. The Labute approximate surface area is 195 Å². The van der Waals surface area contributed by atoms with E-state index in [-0.39, 0.29) is 0 Å². The average molecular weight is 446 g/mol. The molecule has 0 amide bonds. The van der Waals surface area contributed by atoms with Gasteiger partial charge in [0.1, 0.15) is 0 Å². The maximum absolute atomic E-state index is 5.20. The fraction of sp³-hybridized carbons (Fsp3) is 0.0690. The SMILES string of the molecule is C1=CC2c3ccccc3SC2C(c2cccc(-c3cccc4c3sc3ccccc34)n2)=C1. The Morgan fingerprint density at radius 1 is 0.719 bits per heavy atom. The van der Waals surface area contributed by atoms with Gasteiger partial charge in [-0.05, 0) is 35.4 Å². The first-order valence-corrected chi connectivity index (χ1v) is 12.6. The Hall–Kier alpha value is -3.14. The van der Waals surface area contributed by atoms with Gasteiger partial charge in [0.25, 0.3) is 0 Å². The molecule has 1 aliphatic carbocycles. The molecule has 0 saturated carbocycles. The number of fused-ring (bicyclic) bond motifs is 6. The fourth-order valence-corrected chi connectivity index (χ4v) is 7.70. The normalized spacial score (nSPS) is 19.2. The first-order chi connectivity index (χ1) is 15.9. The lowest BCUT2D eigenvalue weighted by Gasteiger charge is -2.23. The molecule has 2 aromatic heterocycles. The van der Waals surface area contributed by atoms with Crippen LogP contribution in [0.25, 0.3) is 37.0 Å². The molecule has 5 aromatic rings. The molecule has 152 valence electrons. The van der Waals surface area contributed by atoms with E-state index in [1.54, 1.807) is 0 Å². The van der Waals surface area contributed by atoms with E-state index in [1.807, 2.05) is 23.1 Å². The summed E-state index contributed by atoms with van der Waals surface area (Å²) in [5.41, 5.74) is 6.11. The van der Waals surface area contributed by atoms with E-state index >= 15 is 0 Å². The van der Waals surface area contributed by atoms with Crippen molar-refractivity contribution >= 4 is 48.8 Å². The third-order valence-corrected chi connectivity index (χ3v) is 9.13. The topological polar surface area (TPSA) is 12.9 Å². The quantitative estimate of drug-likeness (QED) is 0.271. The zero-order valence-electron chi connectivity index (χ0n) is 17.2. The Bertz CT molecular complexity index is 1570. The standard InChI is InChI=1S/C29H19NS2/c1-3-16-26-18(8-1)20-10-5-12-22(28(20)31-26)24-14-7-15-25(30-24)23-13-6-11-21-19-9-2-4-17-27(19)32-29(21)23/h1-17,20,28H. The molecule has 2 aliphatic rings. The minimum absolute atomic E-state index is 0.389. The minimum atomic E-state index is 0.389. The highest BCUT2D eigenvalue weighted by molar-refractivity contribution is 8.00. The van der Waals surface area contributed by atoms with Crippen molar-refractivity contribution in [3.05, 3.63) is 114 Å². The Morgan fingerprint density at radius 3 is 2.53 bits per heavy atom. The number of thioether (sulfide) groups is 1. The van der Waals surface area contributed by atoms with Crippen LogP contribution in [0.4, 0.5) is 0 Å². The van der Waals surface area contributed by atoms with E-state index in [0.717, 1.165) is 11.4 Å². The highest BCUT2D eigenvalue weighted by Gasteiger charge is 2.36. The largest absolute Gasteiger partial charge is 0.248 e. The summed E-state index contributed by atoms with van der Waals surface area (Å²) in [4.78, 5) is 6.60. The molecule has 1 nitrogen and oxygen atoms in total. The van der Waals surface area contributed by atoms with Gasteiger partial charge in [0.2, 0.25) is 0 Å². The van der Waals surface area contributed by atoms with Gasteiger partial charge < -0.3 is 0 Å². The second-order valence-electron chi connectivity index (χ2n) is 8.30. The molecule has 0 fully saturated rings. The van der Waals surface area contributed by atoms with E-state index in [0.29, 0.717) is 11.2 Å². The first-order valence-electron chi connectivity index (χ1n) is 10.9. The van der Waals surface area contributed by atoms with Gasteiger partial charge in [0.15, 0.2) is 0 Å². The van der Waals surface area contributed by atoms with Crippen molar-refractivity contribution in [3.63, 3.8) is 0 Å². The lowest BCUT2D eigenvalue weighted by Crippen LogP contribution is -2.14. The van der Waals surface area contributed by atoms with Crippen LogP contribution in [0.5, 0.6) is 0 Å². The third kappa shape index (κ3) is 2.75. The molecule has 2 unspecified atom stereocenters. The molecule has 7 rings (SSSR count). The number of benzene rings is 3. The molecule has 3 heteroatoms. The van der Waals surface area contributed by atoms with Crippen molar-refractivity contribution < 1.29 is 0 Å². The van der Waals surface area contributed by atoms with Gasteiger partial charge in [-0.3, -0.25) is 0 Å². The average Bonchev–Trinajstić information content (AvgIpc) is 3.42. The second kappa shape index (κ2) is 7.19. The highest BCUT2D eigenvalue weighted by atomic mass is 32.2. The summed E-state index contributed by atoms with van der Waals surface area (Å²) in [6.45, 7) is 0. The van der Waals surface area contributed by atoms with Crippen LogP contribution in [0, 0.1) is 0 Å². The van der Waals surface area contributed by atoms with Crippen LogP contribution in [-0.4, -0.2) is 10.2 Å². The second-order valence-corrected chi connectivity index (χ2v) is 10.5. The van der Waals surface area contributed by atoms with Crippen LogP contribution in [0.3, 0.4) is 0 Å². The predicted molar refractivity (Wildman–Crippen MR) is 139 cm³/mol. The predicted octanol–water partition coefficient (Wildman–Crippen LogP) is 8.33. The number of aromatic nitrogens is 1. The summed E-state index contributed by atoms with van der Waals surface area (Å²) in [5, 5.41) is 3.03. The van der Waals surface area contributed by atoms with Crippen molar-refractivity contribution in [1.29, 1.82) is 0 Å². The summed E-state index contributed by atoms with van der Waals surface area (Å²) >= 11 is 3.83. The van der Waals surface area contributed by atoms with Gasteiger partial charge in [-0.2, -0.15) is 0 Å². The maximum atomic E-state index is 5.20. The number of hydrogen-bond acceptors (Lipinski definition) is 3. The van der Waals surface area contributed by atoms with Crippen molar-refractivity contribution in [3.8, 4) is 11.3 Å². The number of hydrogen-bond donors (Lipinski definition) is 0.